The molecule has 2 aromatic carbocycles. The van der Waals surface area contributed by atoms with E-state index in [0.717, 1.165) is 22.4 Å². The predicted octanol–water partition coefficient (Wildman–Crippen LogP) is 4.80. The van der Waals surface area contributed by atoms with Gasteiger partial charge in [0.1, 0.15) is 0 Å². The van der Waals surface area contributed by atoms with Gasteiger partial charge in [-0.2, -0.15) is 0 Å². The van der Waals surface area contributed by atoms with Crippen molar-refractivity contribution in [3.63, 3.8) is 0 Å². The summed E-state index contributed by atoms with van der Waals surface area (Å²) >= 11 is 5.52. The van der Waals surface area contributed by atoms with Gasteiger partial charge in [0.25, 0.3) is 0 Å². The molecule has 0 bridgehead atoms. The average Bonchev–Trinajstić information content (AvgIpc) is 2.46. The Morgan fingerprint density at radius 1 is 0.889 bits per heavy atom. The lowest BCUT2D eigenvalue weighted by molar-refractivity contribution is 0.795. The zero-order valence-corrected chi connectivity index (χ0v) is 11.5. The van der Waals surface area contributed by atoms with Crippen LogP contribution in [0.15, 0.2) is 54.6 Å². The van der Waals surface area contributed by atoms with Gasteiger partial charge in [-0.3, -0.25) is 0 Å². The molecule has 0 nitrogen and oxygen atoms in total. The number of unbranched alkanes of at least 4 members (excludes halogenated alkanes) is 1. The smallest absolute Gasteiger partial charge is 0.0521 e. The van der Waals surface area contributed by atoms with Crippen LogP contribution in [-0.2, 0) is 6.42 Å². The fourth-order valence-electron chi connectivity index (χ4n) is 1.96. The van der Waals surface area contributed by atoms with Crippen molar-refractivity contribution in [2.45, 2.75) is 26.2 Å². The highest BCUT2D eigenvalue weighted by molar-refractivity contribution is 7.81. The first-order chi connectivity index (χ1) is 8.81. The third kappa shape index (κ3) is 3.27. The maximum absolute atomic E-state index is 5.52. The van der Waals surface area contributed by atoms with E-state index in [1.165, 1.54) is 18.4 Å². The summed E-state index contributed by atoms with van der Waals surface area (Å²) < 4.78 is 0. The van der Waals surface area contributed by atoms with Crippen LogP contribution in [-0.4, -0.2) is 4.86 Å². The van der Waals surface area contributed by atoms with Crippen LogP contribution in [0.1, 0.15) is 36.5 Å². The van der Waals surface area contributed by atoms with E-state index in [0.29, 0.717) is 0 Å². The standard InChI is InChI=1S/C17H18S/c1-2-3-7-14-10-12-16(13-11-14)17(18)15-8-5-4-6-9-15/h4-6,8-13H,2-3,7H2,1H3. The molecule has 0 aromatic heterocycles. The monoisotopic (exact) mass is 254 g/mol. The van der Waals surface area contributed by atoms with Gasteiger partial charge in [0.2, 0.25) is 0 Å². The Hall–Kier alpha value is -1.47. The Morgan fingerprint density at radius 2 is 1.50 bits per heavy atom. The molecule has 0 unspecified atom stereocenters. The van der Waals surface area contributed by atoms with Crippen molar-refractivity contribution in [1.29, 1.82) is 0 Å². The Kier molecular flexibility index (Phi) is 4.66. The van der Waals surface area contributed by atoms with Crippen molar-refractivity contribution >= 4 is 17.1 Å². The van der Waals surface area contributed by atoms with Gasteiger partial charge in [0.05, 0.1) is 4.86 Å². The van der Waals surface area contributed by atoms with Gasteiger partial charge in [-0.15, -0.1) is 0 Å². The summed E-state index contributed by atoms with van der Waals surface area (Å²) in [7, 11) is 0. The first-order valence-electron chi connectivity index (χ1n) is 6.50. The Labute approximate surface area is 115 Å². The number of hydrogen-bond acceptors (Lipinski definition) is 1. The Balaban J connectivity index is 2.12. The van der Waals surface area contributed by atoms with Crippen LogP contribution < -0.4 is 0 Å². The van der Waals surface area contributed by atoms with Gasteiger partial charge in [-0.1, -0.05) is 80.2 Å². The van der Waals surface area contributed by atoms with E-state index in [-0.39, 0.29) is 0 Å². The van der Waals surface area contributed by atoms with Crippen molar-refractivity contribution in [3.05, 3.63) is 71.3 Å². The number of rotatable bonds is 5. The second-order valence-electron chi connectivity index (χ2n) is 4.50. The van der Waals surface area contributed by atoms with Gasteiger partial charge < -0.3 is 0 Å². The third-order valence-electron chi connectivity index (χ3n) is 3.07. The average molecular weight is 254 g/mol. The summed E-state index contributed by atoms with van der Waals surface area (Å²) in [6.45, 7) is 2.22. The molecule has 0 spiro atoms. The maximum Gasteiger partial charge on any atom is 0.0521 e. The molecule has 0 saturated heterocycles. The van der Waals surface area contributed by atoms with E-state index in [1.54, 1.807) is 0 Å². The lowest BCUT2D eigenvalue weighted by Gasteiger charge is -2.06. The van der Waals surface area contributed by atoms with E-state index < -0.39 is 0 Å². The summed E-state index contributed by atoms with van der Waals surface area (Å²) in [5, 5.41) is 0. The quantitative estimate of drug-likeness (QED) is 0.546. The van der Waals surface area contributed by atoms with Crippen LogP contribution in [0, 0.1) is 0 Å². The fourth-order valence-corrected chi connectivity index (χ4v) is 2.23. The molecule has 92 valence electrons. The second-order valence-corrected chi connectivity index (χ2v) is 4.90. The minimum Gasteiger partial charge on any atom is -0.0788 e. The molecule has 1 heteroatoms. The zero-order valence-electron chi connectivity index (χ0n) is 10.7. The molecule has 0 heterocycles. The largest absolute Gasteiger partial charge is 0.0788 e. The molecule has 0 atom stereocenters. The van der Waals surface area contributed by atoms with Gasteiger partial charge in [0, 0.05) is 0 Å². The zero-order chi connectivity index (χ0) is 12.8. The third-order valence-corrected chi connectivity index (χ3v) is 3.54. The summed E-state index contributed by atoms with van der Waals surface area (Å²) in [5.41, 5.74) is 3.65. The van der Waals surface area contributed by atoms with Crippen LogP contribution >= 0.6 is 12.2 Å². The van der Waals surface area contributed by atoms with Crippen LogP contribution in [0.2, 0.25) is 0 Å². The SMILES string of the molecule is CCCCc1ccc(C(=S)c2ccccc2)cc1. The lowest BCUT2D eigenvalue weighted by Crippen LogP contribution is -1.99. The number of aryl methyl sites for hydroxylation is 1. The Morgan fingerprint density at radius 3 is 2.11 bits per heavy atom. The van der Waals surface area contributed by atoms with Crippen molar-refractivity contribution in [2.24, 2.45) is 0 Å². The number of thiocarbonyl (C=S) groups is 1. The van der Waals surface area contributed by atoms with Crippen molar-refractivity contribution < 1.29 is 0 Å². The van der Waals surface area contributed by atoms with Gasteiger partial charge >= 0.3 is 0 Å². The van der Waals surface area contributed by atoms with E-state index in [1.807, 2.05) is 18.2 Å². The highest BCUT2D eigenvalue weighted by atomic mass is 32.1. The van der Waals surface area contributed by atoms with Crippen LogP contribution in [0.4, 0.5) is 0 Å². The van der Waals surface area contributed by atoms with Crippen LogP contribution in [0.5, 0.6) is 0 Å². The lowest BCUT2D eigenvalue weighted by atomic mass is 10.0. The van der Waals surface area contributed by atoms with Crippen LogP contribution in [0.25, 0.3) is 0 Å². The minimum atomic E-state index is 0.928. The highest BCUT2D eigenvalue weighted by Gasteiger charge is 2.03. The molecule has 0 saturated carbocycles. The maximum atomic E-state index is 5.52. The molecule has 0 N–H and O–H groups in total. The molecule has 0 amide bonds. The summed E-state index contributed by atoms with van der Waals surface area (Å²) in [4.78, 5) is 0.928. The summed E-state index contributed by atoms with van der Waals surface area (Å²) in [6.07, 6.45) is 3.65. The van der Waals surface area contributed by atoms with E-state index in [4.69, 9.17) is 12.2 Å². The molecule has 2 rings (SSSR count). The van der Waals surface area contributed by atoms with Gasteiger partial charge in [-0.05, 0) is 29.5 Å². The molecule has 0 fully saturated rings. The van der Waals surface area contributed by atoms with Crippen molar-refractivity contribution in [1.82, 2.24) is 0 Å². The molecule has 0 aliphatic heterocycles. The van der Waals surface area contributed by atoms with Crippen molar-refractivity contribution in [3.8, 4) is 0 Å². The number of benzene rings is 2. The molecule has 18 heavy (non-hydrogen) atoms. The molecule has 0 aliphatic rings. The molecular weight excluding hydrogens is 236 g/mol. The van der Waals surface area contributed by atoms with E-state index in [9.17, 15) is 0 Å². The normalized spacial score (nSPS) is 10.3. The number of hydrogen-bond donors (Lipinski definition) is 0. The second kappa shape index (κ2) is 6.46. The van der Waals surface area contributed by atoms with Gasteiger partial charge in [0.15, 0.2) is 0 Å². The van der Waals surface area contributed by atoms with Crippen molar-refractivity contribution in [2.75, 3.05) is 0 Å². The first kappa shape index (κ1) is 13.0. The molecular formula is C17H18S. The molecule has 2 aromatic rings. The Bertz CT molecular complexity index is 497. The minimum absolute atomic E-state index is 0.928. The van der Waals surface area contributed by atoms with Gasteiger partial charge in [-0.25, -0.2) is 0 Å². The van der Waals surface area contributed by atoms with Crippen LogP contribution in [0.3, 0.4) is 0 Å². The topological polar surface area (TPSA) is 0 Å². The summed E-state index contributed by atoms with van der Waals surface area (Å²) in [6, 6.07) is 18.9. The van der Waals surface area contributed by atoms with E-state index >= 15 is 0 Å². The molecule has 0 radical (unpaired) electrons. The fraction of sp³-hybridized carbons (Fsp3) is 0.235. The summed E-state index contributed by atoms with van der Waals surface area (Å²) in [5.74, 6) is 0. The first-order valence-corrected chi connectivity index (χ1v) is 6.91. The predicted molar refractivity (Wildman–Crippen MR) is 82.3 cm³/mol. The van der Waals surface area contributed by atoms with E-state index in [2.05, 4.69) is 43.3 Å². The molecule has 0 aliphatic carbocycles. The highest BCUT2D eigenvalue weighted by Crippen LogP contribution is 2.13.